The Kier molecular flexibility index (Phi) is 4.84. The first-order chi connectivity index (χ1) is 17.0. The minimum Gasteiger partial charge on any atom is -0.454 e. The van der Waals surface area contributed by atoms with Crippen molar-refractivity contribution in [2.75, 3.05) is 6.79 Å². The zero-order valence-corrected chi connectivity index (χ0v) is 19.2. The van der Waals surface area contributed by atoms with Crippen LogP contribution in [0, 0.1) is 6.92 Å². The van der Waals surface area contributed by atoms with Crippen LogP contribution in [0.25, 0.3) is 17.0 Å². The molecule has 0 spiro atoms. The summed E-state index contributed by atoms with van der Waals surface area (Å²) in [5, 5.41) is 1.05. The van der Waals surface area contributed by atoms with E-state index in [2.05, 4.69) is 17.6 Å². The third-order valence-electron chi connectivity index (χ3n) is 6.21. The van der Waals surface area contributed by atoms with Gasteiger partial charge in [-0.2, -0.15) is 0 Å². The zero-order valence-electron chi connectivity index (χ0n) is 19.2. The number of fused-ring (bicyclic) bond motifs is 3. The Morgan fingerprint density at radius 2 is 1.89 bits per heavy atom. The molecule has 7 heteroatoms. The van der Waals surface area contributed by atoms with Gasteiger partial charge < -0.3 is 23.5 Å². The fourth-order valence-electron chi connectivity index (χ4n) is 4.52. The third kappa shape index (κ3) is 3.52. The molecule has 0 aliphatic carbocycles. The van der Waals surface area contributed by atoms with Crippen LogP contribution in [0.4, 0.5) is 0 Å². The molecule has 0 unspecified atom stereocenters. The fraction of sp³-hybridized carbons (Fsp3) is 0.143. The topological polar surface area (TPSA) is 76.0 Å². The number of rotatable bonds is 4. The minimum absolute atomic E-state index is 0.123. The van der Waals surface area contributed by atoms with E-state index in [9.17, 15) is 9.59 Å². The highest BCUT2D eigenvalue weighted by atomic mass is 16.7. The number of aromatic nitrogens is 1. The van der Waals surface area contributed by atoms with Crippen LogP contribution >= 0.6 is 0 Å². The van der Waals surface area contributed by atoms with Crippen molar-refractivity contribution in [1.29, 1.82) is 0 Å². The first-order valence-corrected chi connectivity index (χ1v) is 11.3. The molecule has 0 bridgehead atoms. The molecule has 0 amide bonds. The van der Waals surface area contributed by atoms with Crippen LogP contribution in [0.1, 0.15) is 38.8 Å². The number of Topliss-reactive ketones (excluding diaryl/α,β-unsaturated/α-hetero) is 1. The summed E-state index contributed by atoms with van der Waals surface area (Å²) in [5.74, 6) is 1.24. The molecule has 0 fully saturated rings. The average Bonchev–Trinajstić information content (AvgIpc) is 3.55. The minimum atomic E-state index is -0.546. The number of para-hydroxylation sites is 1. The normalized spacial score (nSPS) is 14.9. The number of ether oxygens (including phenoxy) is 4. The molecule has 0 saturated carbocycles. The highest BCUT2D eigenvalue weighted by molar-refractivity contribution is 6.16. The van der Waals surface area contributed by atoms with E-state index in [4.69, 9.17) is 18.9 Å². The van der Waals surface area contributed by atoms with Gasteiger partial charge >= 0.3 is 5.97 Å². The third-order valence-corrected chi connectivity index (χ3v) is 6.21. The molecule has 2 aliphatic rings. The maximum Gasteiger partial charge on any atom is 0.343 e. The molecule has 0 saturated heterocycles. The Morgan fingerprint density at radius 3 is 2.74 bits per heavy atom. The Hall–Kier alpha value is -4.52. The van der Waals surface area contributed by atoms with Crippen molar-refractivity contribution < 1.29 is 28.5 Å². The van der Waals surface area contributed by atoms with Gasteiger partial charge in [0.2, 0.25) is 12.6 Å². The van der Waals surface area contributed by atoms with Gasteiger partial charge in [0.1, 0.15) is 11.5 Å². The average molecular weight is 467 g/mol. The van der Waals surface area contributed by atoms with Gasteiger partial charge in [0.25, 0.3) is 0 Å². The smallest absolute Gasteiger partial charge is 0.343 e. The van der Waals surface area contributed by atoms with Crippen molar-refractivity contribution in [2.45, 2.75) is 20.4 Å². The van der Waals surface area contributed by atoms with Crippen LogP contribution in [0.5, 0.6) is 23.0 Å². The summed E-state index contributed by atoms with van der Waals surface area (Å²) in [5.41, 5.74) is 3.47. The van der Waals surface area contributed by atoms with E-state index in [-0.39, 0.29) is 18.3 Å². The highest BCUT2D eigenvalue weighted by Crippen LogP contribution is 2.39. The first kappa shape index (κ1) is 21.0. The maximum absolute atomic E-state index is 13.2. The number of benzene rings is 3. The zero-order chi connectivity index (χ0) is 24.1. The largest absolute Gasteiger partial charge is 0.454 e. The number of carbonyl (C=O) groups is 2. The van der Waals surface area contributed by atoms with Crippen molar-refractivity contribution in [1.82, 2.24) is 4.57 Å². The van der Waals surface area contributed by atoms with E-state index in [1.54, 1.807) is 43.3 Å². The predicted octanol–water partition coefficient (Wildman–Crippen LogP) is 5.53. The summed E-state index contributed by atoms with van der Waals surface area (Å²) in [6, 6.07) is 16.1. The molecule has 174 valence electrons. The number of carbonyl (C=O) groups excluding carboxylic acids is 2. The Balaban J connectivity index is 1.29. The van der Waals surface area contributed by atoms with Crippen molar-refractivity contribution in [3.05, 3.63) is 88.8 Å². The summed E-state index contributed by atoms with van der Waals surface area (Å²) in [4.78, 5) is 25.9. The van der Waals surface area contributed by atoms with E-state index in [1.807, 2.05) is 24.4 Å². The molecule has 3 heterocycles. The molecular formula is C28H21NO6. The number of aryl methyl sites for hydroxylation is 2. The van der Waals surface area contributed by atoms with E-state index < -0.39 is 5.97 Å². The van der Waals surface area contributed by atoms with Gasteiger partial charge in [0, 0.05) is 35.3 Å². The van der Waals surface area contributed by atoms with Crippen LogP contribution in [0.2, 0.25) is 0 Å². The van der Waals surface area contributed by atoms with Gasteiger partial charge in [-0.05, 0) is 55.8 Å². The van der Waals surface area contributed by atoms with Crippen molar-refractivity contribution in [2.24, 2.45) is 0 Å². The van der Waals surface area contributed by atoms with Gasteiger partial charge in [-0.3, -0.25) is 4.79 Å². The summed E-state index contributed by atoms with van der Waals surface area (Å²) >= 11 is 0. The number of esters is 1. The molecule has 7 nitrogen and oxygen atoms in total. The molecule has 3 aromatic carbocycles. The van der Waals surface area contributed by atoms with E-state index in [1.165, 1.54) is 0 Å². The SMILES string of the molecule is CCn1cc(/C=C2\Oc3cc(OC(=O)c4ccc5c(c4)OCO5)cc(C)c3C2=O)c2ccccc21. The van der Waals surface area contributed by atoms with Crippen LogP contribution < -0.4 is 18.9 Å². The standard InChI is InChI=1S/C28H21NO6/c1-3-29-14-18(20-6-4-5-7-21(20)29)12-25-27(30)26-16(2)10-19(13-24(26)35-25)34-28(31)17-8-9-22-23(11-17)33-15-32-22/h4-14H,3,15H2,1-2H3/b25-12-. The van der Waals surface area contributed by atoms with Crippen molar-refractivity contribution in [3.8, 4) is 23.0 Å². The predicted molar refractivity (Wildman–Crippen MR) is 129 cm³/mol. The molecule has 35 heavy (non-hydrogen) atoms. The Labute approximate surface area is 201 Å². The maximum atomic E-state index is 13.2. The quantitative estimate of drug-likeness (QED) is 0.223. The summed E-state index contributed by atoms with van der Waals surface area (Å²) < 4.78 is 24.3. The second-order valence-electron chi connectivity index (χ2n) is 8.40. The molecule has 0 N–H and O–H groups in total. The van der Waals surface area contributed by atoms with Crippen LogP contribution in [-0.2, 0) is 6.54 Å². The second-order valence-corrected chi connectivity index (χ2v) is 8.40. The molecule has 0 atom stereocenters. The number of allylic oxidation sites excluding steroid dienone is 1. The summed E-state index contributed by atoms with van der Waals surface area (Å²) in [7, 11) is 0. The van der Waals surface area contributed by atoms with Crippen molar-refractivity contribution >= 4 is 28.7 Å². The van der Waals surface area contributed by atoms with Crippen LogP contribution in [0.3, 0.4) is 0 Å². The van der Waals surface area contributed by atoms with Gasteiger partial charge in [0.15, 0.2) is 17.3 Å². The first-order valence-electron chi connectivity index (χ1n) is 11.3. The molecular weight excluding hydrogens is 446 g/mol. The number of hydrogen-bond donors (Lipinski definition) is 0. The lowest BCUT2D eigenvalue weighted by Crippen LogP contribution is -2.08. The number of hydrogen-bond acceptors (Lipinski definition) is 6. The van der Waals surface area contributed by atoms with Gasteiger partial charge in [0.05, 0.1) is 11.1 Å². The van der Waals surface area contributed by atoms with E-state index in [0.717, 1.165) is 23.0 Å². The lowest BCUT2D eigenvalue weighted by molar-refractivity contribution is 0.0734. The van der Waals surface area contributed by atoms with Crippen LogP contribution in [-0.4, -0.2) is 23.1 Å². The van der Waals surface area contributed by atoms with Gasteiger partial charge in [-0.1, -0.05) is 18.2 Å². The molecule has 4 aromatic rings. The molecule has 2 aliphatic heterocycles. The second kappa shape index (κ2) is 8.06. The highest BCUT2D eigenvalue weighted by Gasteiger charge is 2.31. The molecule has 0 radical (unpaired) electrons. The molecule has 1 aromatic heterocycles. The van der Waals surface area contributed by atoms with Gasteiger partial charge in [-0.15, -0.1) is 0 Å². The summed E-state index contributed by atoms with van der Waals surface area (Å²) in [6.07, 6.45) is 3.79. The van der Waals surface area contributed by atoms with Crippen molar-refractivity contribution in [3.63, 3.8) is 0 Å². The fourth-order valence-corrected chi connectivity index (χ4v) is 4.52. The molecule has 6 rings (SSSR count). The Bertz CT molecular complexity index is 1560. The lowest BCUT2D eigenvalue weighted by Gasteiger charge is -2.08. The lowest BCUT2D eigenvalue weighted by atomic mass is 10.0. The number of nitrogens with zero attached hydrogens (tertiary/aromatic N) is 1. The summed E-state index contributed by atoms with van der Waals surface area (Å²) in [6.45, 7) is 4.81. The monoisotopic (exact) mass is 467 g/mol. The van der Waals surface area contributed by atoms with Gasteiger partial charge in [-0.25, -0.2) is 4.79 Å². The van der Waals surface area contributed by atoms with Crippen LogP contribution in [0.15, 0.2) is 66.6 Å². The Morgan fingerprint density at radius 1 is 1.06 bits per heavy atom. The number of ketones is 1. The van der Waals surface area contributed by atoms with E-state index >= 15 is 0 Å². The van der Waals surface area contributed by atoms with E-state index in [0.29, 0.717) is 39.7 Å².